The SMILES string of the molecule is CCc1ccc(CN=C(N)Nc2ccc(OC)c(OC)c2)s1. The predicted octanol–water partition coefficient (Wildman–Crippen LogP) is 3.25. The van der Waals surface area contributed by atoms with Gasteiger partial charge in [0.05, 0.1) is 20.8 Å². The van der Waals surface area contributed by atoms with Gasteiger partial charge in [-0.15, -0.1) is 11.3 Å². The summed E-state index contributed by atoms with van der Waals surface area (Å²) >= 11 is 1.77. The van der Waals surface area contributed by atoms with Crippen LogP contribution in [0.1, 0.15) is 16.7 Å². The lowest BCUT2D eigenvalue weighted by molar-refractivity contribution is 0.355. The van der Waals surface area contributed by atoms with Gasteiger partial charge in [0.2, 0.25) is 0 Å². The number of nitrogens with two attached hydrogens (primary N) is 1. The first-order valence-electron chi connectivity index (χ1n) is 7.02. The lowest BCUT2D eigenvalue weighted by Gasteiger charge is -2.10. The molecule has 0 saturated carbocycles. The molecule has 5 nitrogen and oxygen atoms in total. The van der Waals surface area contributed by atoms with E-state index in [4.69, 9.17) is 15.2 Å². The van der Waals surface area contributed by atoms with Crippen molar-refractivity contribution < 1.29 is 9.47 Å². The van der Waals surface area contributed by atoms with Crippen LogP contribution in [0.15, 0.2) is 35.3 Å². The molecule has 0 bridgehead atoms. The Morgan fingerprint density at radius 2 is 1.86 bits per heavy atom. The predicted molar refractivity (Wildman–Crippen MR) is 92.2 cm³/mol. The van der Waals surface area contributed by atoms with Crippen LogP contribution in [0.4, 0.5) is 5.69 Å². The quantitative estimate of drug-likeness (QED) is 0.633. The van der Waals surface area contributed by atoms with Crippen LogP contribution in [0.25, 0.3) is 0 Å². The van der Waals surface area contributed by atoms with Crippen molar-refractivity contribution in [2.24, 2.45) is 10.7 Å². The van der Waals surface area contributed by atoms with Gasteiger partial charge < -0.3 is 20.5 Å². The normalized spacial score (nSPS) is 11.3. The van der Waals surface area contributed by atoms with Crippen LogP contribution in [-0.2, 0) is 13.0 Å². The number of aliphatic imine (C=N–C) groups is 1. The van der Waals surface area contributed by atoms with Gasteiger partial charge in [0.1, 0.15) is 0 Å². The monoisotopic (exact) mass is 319 g/mol. The average molecular weight is 319 g/mol. The summed E-state index contributed by atoms with van der Waals surface area (Å²) in [6, 6.07) is 9.73. The van der Waals surface area contributed by atoms with E-state index in [-0.39, 0.29) is 0 Å². The zero-order valence-corrected chi connectivity index (χ0v) is 13.9. The van der Waals surface area contributed by atoms with Gasteiger partial charge >= 0.3 is 0 Å². The molecule has 0 unspecified atom stereocenters. The van der Waals surface area contributed by atoms with Crippen molar-refractivity contribution in [2.75, 3.05) is 19.5 Å². The second-order valence-electron chi connectivity index (χ2n) is 4.62. The Morgan fingerprint density at radius 1 is 1.14 bits per heavy atom. The van der Waals surface area contributed by atoms with Crippen molar-refractivity contribution >= 4 is 23.0 Å². The van der Waals surface area contributed by atoms with Crippen LogP contribution in [0.3, 0.4) is 0 Å². The van der Waals surface area contributed by atoms with E-state index in [1.54, 1.807) is 25.6 Å². The second-order valence-corrected chi connectivity index (χ2v) is 5.87. The van der Waals surface area contributed by atoms with E-state index >= 15 is 0 Å². The lowest BCUT2D eigenvalue weighted by Crippen LogP contribution is -2.22. The maximum absolute atomic E-state index is 5.93. The van der Waals surface area contributed by atoms with Crippen LogP contribution >= 0.6 is 11.3 Å². The summed E-state index contributed by atoms with van der Waals surface area (Å²) in [6.07, 6.45) is 1.05. The van der Waals surface area contributed by atoms with E-state index in [2.05, 4.69) is 29.4 Å². The number of methoxy groups -OCH3 is 2. The molecule has 0 aliphatic rings. The van der Waals surface area contributed by atoms with Crippen molar-refractivity contribution in [3.63, 3.8) is 0 Å². The molecule has 1 heterocycles. The van der Waals surface area contributed by atoms with Gasteiger partial charge in [0.15, 0.2) is 17.5 Å². The third-order valence-corrected chi connectivity index (χ3v) is 4.34. The number of hydrogen-bond acceptors (Lipinski definition) is 4. The molecule has 6 heteroatoms. The zero-order chi connectivity index (χ0) is 15.9. The molecular formula is C16H21N3O2S. The van der Waals surface area contributed by atoms with Crippen LogP contribution in [0, 0.1) is 0 Å². The third-order valence-electron chi connectivity index (χ3n) is 3.13. The molecule has 0 atom stereocenters. The van der Waals surface area contributed by atoms with Crippen molar-refractivity contribution in [3.05, 3.63) is 40.1 Å². The van der Waals surface area contributed by atoms with Crippen molar-refractivity contribution in [2.45, 2.75) is 19.9 Å². The van der Waals surface area contributed by atoms with Gasteiger partial charge in [-0.3, -0.25) is 0 Å². The highest BCUT2D eigenvalue weighted by Crippen LogP contribution is 2.29. The van der Waals surface area contributed by atoms with Gasteiger partial charge in [-0.1, -0.05) is 6.92 Å². The van der Waals surface area contributed by atoms with E-state index in [0.29, 0.717) is 24.0 Å². The van der Waals surface area contributed by atoms with Crippen LogP contribution in [-0.4, -0.2) is 20.2 Å². The number of nitrogens with one attached hydrogen (secondary N) is 1. The first kappa shape index (κ1) is 16.2. The smallest absolute Gasteiger partial charge is 0.193 e. The Hall–Kier alpha value is -2.21. The summed E-state index contributed by atoms with van der Waals surface area (Å²) < 4.78 is 10.5. The van der Waals surface area contributed by atoms with Crippen LogP contribution in [0.5, 0.6) is 11.5 Å². The minimum absolute atomic E-state index is 0.374. The van der Waals surface area contributed by atoms with E-state index in [9.17, 15) is 0 Å². The molecule has 0 aliphatic heterocycles. The zero-order valence-electron chi connectivity index (χ0n) is 13.1. The van der Waals surface area contributed by atoms with Gasteiger partial charge in [0.25, 0.3) is 0 Å². The maximum atomic E-state index is 5.93. The Balaban J connectivity index is 2.01. The highest BCUT2D eigenvalue weighted by Gasteiger charge is 2.05. The number of ether oxygens (including phenoxy) is 2. The Bertz CT molecular complexity index is 653. The minimum atomic E-state index is 0.374. The number of guanidine groups is 1. The number of rotatable bonds is 6. The Labute approximate surface area is 134 Å². The first-order chi connectivity index (χ1) is 10.7. The molecular weight excluding hydrogens is 298 g/mol. The van der Waals surface area contributed by atoms with E-state index < -0.39 is 0 Å². The van der Waals surface area contributed by atoms with Gasteiger partial charge in [0, 0.05) is 21.5 Å². The van der Waals surface area contributed by atoms with Gasteiger partial charge in [-0.05, 0) is 30.7 Å². The molecule has 2 aromatic rings. The van der Waals surface area contributed by atoms with E-state index in [1.807, 2.05) is 18.2 Å². The fourth-order valence-corrected chi connectivity index (χ4v) is 2.84. The molecule has 2 rings (SSSR count). The molecule has 0 amide bonds. The summed E-state index contributed by atoms with van der Waals surface area (Å²) in [5.74, 6) is 1.69. The van der Waals surface area contributed by atoms with Gasteiger partial charge in [-0.25, -0.2) is 4.99 Å². The molecule has 0 aliphatic carbocycles. The molecule has 1 aromatic carbocycles. The Kier molecular flexibility index (Phi) is 5.66. The topological polar surface area (TPSA) is 68.9 Å². The third kappa shape index (κ3) is 4.14. The molecule has 0 fully saturated rings. The van der Waals surface area contributed by atoms with Crippen LogP contribution < -0.4 is 20.5 Å². The summed E-state index contributed by atoms with van der Waals surface area (Å²) in [5, 5.41) is 3.06. The highest BCUT2D eigenvalue weighted by molar-refractivity contribution is 7.11. The Morgan fingerprint density at radius 3 is 2.50 bits per heavy atom. The number of thiophene rings is 1. The summed E-state index contributed by atoms with van der Waals surface area (Å²) in [4.78, 5) is 6.92. The number of aryl methyl sites for hydroxylation is 1. The highest BCUT2D eigenvalue weighted by atomic mass is 32.1. The molecule has 22 heavy (non-hydrogen) atoms. The molecule has 118 valence electrons. The fraction of sp³-hybridized carbons (Fsp3) is 0.312. The maximum Gasteiger partial charge on any atom is 0.193 e. The number of hydrogen-bond donors (Lipinski definition) is 2. The molecule has 0 spiro atoms. The fourth-order valence-electron chi connectivity index (χ4n) is 1.96. The van der Waals surface area contributed by atoms with Crippen molar-refractivity contribution in [3.8, 4) is 11.5 Å². The van der Waals surface area contributed by atoms with Gasteiger partial charge in [-0.2, -0.15) is 0 Å². The average Bonchev–Trinajstić information content (AvgIpc) is 3.01. The molecule has 3 N–H and O–H groups in total. The number of nitrogens with zero attached hydrogens (tertiary/aromatic N) is 1. The van der Waals surface area contributed by atoms with Crippen LogP contribution in [0.2, 0.25) is 0 Å². The largest absolute Gasteiger partial charge is 0.493 e. The molecule has 0 radical (unpaired) electrons. The minimum Gasteiger partial charge on any atom is -0.493 e. The number of anilines is 1. The first-order valence-corrected chi connectivity index (χ1v) is 7.84. The van der Waals surface area contributed by atoms with Crippen molar-refractivity contribution in [1.82, 2.24) is 0 Å². The van der Waals surface area contributed by atoms with Crippen molar-refractivity contribution in [1.29, 1.82) is 0 Å². The summed E-state index contributed by atoms with van der Waals surface area (Å²) in [5.41, 5.74) is 6.73. The number of benzene rings is 1. The summed E-state index contributed by atoms with van der Waals surface area (Å²) in [7, 11) is 3.20. The molecule has 0 saturated heterocycles. The van der Waals surface area contributed by atoms with E-state index in [0.717, 1.165) is 12.1 Å². The standard InChI is InChI=1S/C16H21N3O2S/c1-4-12-6-7-13(22-12)10-18-16(17)19-11-5-8-14(20-2)15(9-11)21-3/h5-9H,4,10H2,1-3H3,(H3,17,18,19). The molecule has 1 aromatic heterocycles. The lowest BCUT2D eigenvalue weighted by atomic mass is 10.3. The van der Waals surface area contributed by atoms with E-state index in [1.165, 1.54) is 9.75 Å². The second kappa shape index (κ2) is 7.70. The summed E-state index contributed by atoms with van der Waals surface area (Å²) in [6.45, 7) is 2.72.